The Bertz CT molecular complexity index is 732. The highest BCUT2D eigenvalue weighted by atomic mass is 16.6. The van der Waals surface area contributed by atoms with E-state index in [1.165, 1.54) is 89.9 Å². The number of quaternary nitrogens is 1. The molecule has 0 rings (SSSR count). The van der Waals surface area contributed by atoms with Crippen LogP contribution in [-0.2, 0) is 28.6 Å². The highest BCUT2D eigenvalue weighted by molar-refractivity contribution is 5.72. The Balaban J connectivity index is 3.95. The second-order valence-corrected chi connectivity index (χ2v) is 12.7. The third-order valence-corrected chi connectivity index (χ3v) is 7.72. The molecule has 0 radical (unpaired) electrons. The summed E-state index contributed by atoms with van der Waals surface area (Å²) in [5.74, 6) is -1.57. The Morgan fingerprint density at radius 2 is 1.21 bits per heavy atom. The lowest BCUT2D eigenvalue weighted by atomic mass is 10.1. The molecule has 1 N–H and O–H groups in total. The van der Waals surface area contributed by atoms with Crippen LogP contribution >= 0.6 is 0 Å². The smallest absolute Gasteiger partial charge is 0.362 e. The summed E-state index contributed by atoms with van der Waals surface area (Å²) in [4.78, 5) is 35.5. The first-order valence-corrected chi connectivity index (χ1v) is 17.2. The third kappa shape index (κ3) is 26.2. The molecule has 2 atom stereocenters. The van der Waals surface area contributed by atoms with Gasteiger partial charge in [0.05, 0.1) is 34.4 Å². The van der Waals surface area contributed by atoms with Crippen molar-refractivity contribution in [2.75, 3.05) is 41.0 Å². The summed E-state index contributed by atoms with van der Waals surface area (Å²) in [6.45, 7) is 4.17. The van der Waals surface area contributed by atoms with Crippen LogP contribution in [0.2, 0.25) is 0 Å². The number of carboxylic acids is 1. The summed E-state index contributed by atoms with van der Waals surface area (Å²) in [7, 11) is 5.48. The average molecular weight is 613 g/mol. The molecule has 0 spiro atoms. The predicted molar refractivity (Wildman–Crippen MR) is 174 cm³/mol. The van der Waals surface area contributed by atoms with E-state index >= 15 is 0 Å². The fraction of sp³-hybridized carbons (Fsp3) is 0.857. The molecule has 0 aliphatic heterocycles. The maximum atomic E-state index is 12.4. The number of likely N-dealkylation sites (N-methyl/N-ethyl adjacent to an activating group) is 1. The normalized spacial score (nSPS) is 13.2. The Labute approximate surface area is 263 Å². The van der Waals surface area contributed by atoms with E-state index in [1.54, 1.807) is 6.92 Å². The number of ether oxygens (including phenoxy) is 3. The van der Waals surface area contributed by atoms with Gasteiger partial charge in [-0.25, -0.2) is 4.79 Å². The minimum absolute atomic E-state index is 0.0572. The lowest BCUT2D eigenvalue weighted by Gasteiger charge is -2.31. The Hall–Kier alpha value is -1.93. The molecule has 0 aliphatic carbocycles. The number of unbranched alkanes of at least 4 members (excludes halogenated alkanes) is 15. The van der Waals surface area contributed by atoms with Crippen molar-refractivity contribution in [3.05, 3.63) is 12.2 Å². The van der Waals surface area contributed by atoms with Gasteiger partial charge in [-0.3, -0.25) is 9.59 Å². The molecular formula is C35H66NO7+. The van der Waals surface area contributed by atoms with Crippen molar-refractivity contribution in [1.82, 2.24) is 0 Å². The molecule has 0 heterocycles. The zero-order valence-corrected chi connectivity index (χ0v) is 28.4. The number of rotatable bonds is 30. The molecule has 2 unspecified atom stereocenters. The molecule has 0 amide bonds. The van der Waals surface area contributed by atoms with Gasteiger partial charge in [0.2, 0.25) is 0 Å². The summed E-state index contributed by atoms with van der Waals surface area (Å²) >= 11 is 0. The number of carbonyl (C=O) groups excluding carboxylic acids is 2. The average Bonchev–Trinajstić information content (AvgIpc) is 2.95. The first kappa shape index (κ1) is 41.1. The van der Waals surface area contributed by atoms with Gasteiger partial charge in [-0.2, -0.15) is 0 Å². The van der Waals surface area contributed by atoms with Gasteiger partial charge >= 0.3 is 17.9 Å². The Morgan fingerprint density at radius 3 is 1.70 bits per heavy atom. The molecule has 252 valence electrons. The number of nitrogens with zero attached hydrogens (tertiary/aromatic N) is 1. The summed E-state index contributed by atoms with van der Waals surface area (Å²) in [5.41, 5.74) is 0. The fourth-order valence-electron chi connectivity index (χ4n) is 4.95. The second-order valence-electron chi connectivity index (χ2n) is 12.7. The molecule has 0 saturated heterocycles. The monoisotopic (exact) mass is 612 g/mol. The van der Waals surface area contributed by atoms with Crippen molar-refractivity contribution >= 4 is 17.9 Å². The van der Waals surface area contributed by atoms with E-state index < -0.39 is 18.1 Å². The first-order chi connectivity index (χ1) is 20.6. The van der Waals surface area contributed by atoms with Gasteiger partial charge in [-0.05, 0) is 32.1 Å². The molecule has 0 aromatic heterocycles. The zero-order valence-electron chi connectivity index (χ0n) is 28.4. The minimum atomic E-state index is -0.881. The van der Waals surface area contributed by atoms with Crippen molar-refractivity contribution < 1.29 is 38.2 Å². The molecule has 0 aromatic rings. The molecule has 0 aromatic carbocycles. The summed E-state index contributed by atoms with van der Waals surface area (Å²) in [6, 6.07) is -0.606. The van der Waals surface area contributed by atoms with Gasteiger partial charge in [-0.1, -0.05) is 103 Å². The van der Waals surface area contributed by atoms with Crippen LogP contribution in [0.1, 0.15) is 142 Å². The van der Waals surface area contributed by atoms with Crippen LogP contribution < -0.4 is 0 Å². The number of esters is 2. The minimum Gasteiger partial charge on any atom is -0.477 e. The summed E-state index contributed by atoms with van der Waals surface area (Å²) < 4.78 is 16.6. The van der Waals surface area contributed by atoms with Crippen LogP contribution in [0.25, 0.3) is 0 Å². The van der Waals surface area contributed by atoms with Crippen LogP contribution in [-0.4, -0.2) is 80.6 Å². The van der Waals surface area contributed by atoms with Crippen molar-refractivity contribution in [2.45, 2.75) is 154 Å². The van der Waals surface area contributed by atoms with Crippen LogP contribution in [0.3, 0.4) is 0 Å². The van der Waals surface area contributed by atoms with Gasteiger partial charge in [-0.15, -0.1) is 0 Å². The van der Waals surface area contributed by atoms with E-state index in [-0.39, 0.29) is 42.7 Å². The van der Waals surface area contributed by atoms with Crippen molar-refractivity contribution in [3.63, 3.8) is 0 Å². The van der Waals surface area contributed by atoms with Crippen LogP contribution in [0.4, 0.5) is 0 Å². The highest BCUT2D eigenvalue weighted by Gasteiger charge is 2.31. The van der Waals surface area contributed by atoms with Crippen LogP contribution in [0.15, 0.2) is 12.2 Å². The van der Waals surface area contributed by atoms with E-state index in [4.69, 9.17) is 14.2 Å². The SMILES string of the molecule is CCCCCCCC/C=C\CCCCCCCCCCCC(=O)OC(COCCC(C(=O)O)[N+](C)(C)C)COC(=O)CC. The van der Waals surface area contributed by atoms with E-state index in [2.05, 4.69) is 19.1 Å². The number of allylic oxidation sites excluding steroid dienone is 2. The number of aliphatic carboxylic acids is 1. The maximum absolute atomic E-state index is 12.4. The molecule has 43 heavy (non-hydrogen) atoms. The van der Waals surface area contributed by atoms with E-state index in [0.29, 0.717) is 12.8 Å². The van der Waals surface area contributed by atoms with Crippen LogP contribution in [0, 0.1) is 0 Å². The molecule has 0 saturated carbocycles. The maximum Gasteiger partial charge on any atom is 0.362 e. The van der Waals surface area contributed by atoms with E-state index in [9.17, 15) is 19.5 Å². The second kappa shape index (κ2) is 27.6. The van der Waals surface area contributed by atoms with Gasteiger partial charge in [0.15, 0.2) is 12.1 Å². The Kier molecular flexibility index (Phi) is 26.4. The lowest BCUT2D eigenvalue weighted by molar-refractivity contribution is -0.887. The number of carbonyl (C=O) groups is 3. The first-order valence-electron chi connectivity index (χ1n) is 17.2. The molecule has 8 nitrogen and oxygen atoms in total. The topological polar surface area (TPSA) is 99.1 Å². The van der Waals surface area contributed by atoms with Gasteiger partial charge in [0, 0.05) is 19.3 Å². The molecule has 0 aliphatic rings. The number of carboxylic acid groups (broad SMARTS) is 1. The van der Waals surface area contributed by atoms with Crippen LogP contribution in [0.5, 0.6) is 0 Å². The quantitative estimate of drug-likeness (QED) is 0.0380. The zero-order chi connectivity index (χ0) is 32.2. The predicted octanol–water partition coefficient (Wildman–Crippen LogP) is 8.02. The van der Waals surface area contributed by atoms with Crippen molar-refractivity contribution in [3.8, 4) is 0 Å². The Morgan fingerprint density at radius 1 is 0.698 bits per heavy atom. The molecular weight excluding hydrogens is 546 g/mol. The molecule has 0 fully saturated rings. The van der Waals surface area contributed by atoms with Gasteiger partial charge in [0.1, 0.15) is 6.61 Å². The van der Waals surface area contributed by atoms with Gasteiger partial charge in [0.25, 0.3) is 0 Å². The fourth-order valence-corrected chi connectivity index (χ4v) is 4.95. The molecule has 0 bridgehead atoms. The number of hydrogen-bond donors (Lipinski definition) is 1. The van der Waals surface area contributed by atoms with Gasteiger partial charge < -0.3 is 23.8 Å². The standard InChI is InChI=1S/C35H65NO7/c1-6-8-9-10-11-12-13-14-15-16-17-18-19-20-21-22-23-24-25-26-34(38)43-31(30-42-33(37)7-2)29-41-28-27-32(35(39)40)36(3,4)5/h14-15,31-32H,6-13,16-30H2,1-5H3/p+1/b15-14-. The van der Waals surface area contributed by atoms with Crippen molar-refractivity contribution in [2.24, 2.45) is 0 Å². The molecule has 8 heteroatoms. The van der Waals surface area contributed by atoms with E-state index in [1.807, 2.05) is 21.1 Å². The number of hydrogen-bond acceptors (Lipinski definition) is 6. The lowest BCUT2D eigenvalue weighted by Crippen LogP contribution is -2.50. The highest BCUT2D eigenvalue weighted by Crippen LogP contribution is 2.13. The summed E-state index contributed by atoms with van der Waals surface area (Å²) in [5, 5.41) is 9.46. The largest absolute Gasteiger partial charge is 0.477 e. The third-order valence-electron chi connectivity index (χ3n) is 7.72. The van der Waals surface area contributed by atoms with Crippen molar-refractivity contribution in [1.29, 1.82) is 0 Å². The summed E-state index contributed by atoms with van der Waals surface area (Å²) in [6.07, 6.45) is 26.1. The van der Waals surface area contributed by atoms with E-state index in [0.717, 1.165) is 19.3 Å².